The van der Waals surface area contributed by atoms with Crippen molar-refractivity contribution in [3.63, 3.8) is 0 Å². The topological polar surface area (TPSA) is 91.4 Å². The number of carbonyl (C=O) groups excluding carboxylic acids is 3. The van der Waals surface area contributed by atoms with Crippen molar-refractivity contribution in [2.24, 2.45) is 0 Å². The van der Waals surface area contributed by atoms with Gasteiger partial charge in [0.15, 0.2) is 5.13 Å². The highest BCUT2D eigenvalue weighted by molar-refractivity contribution is 7.13. The van der Waals surface area contributed by atoms with Crippen LogP contribution in [0.1, 0.15) is 18.2 Å². The summed E-state index contributed by atoms with van der Waals surface area (Å²) in [5, 5.41) is 7.28. The molecule has 1 aliphatic heterocycles. The quantitative estimate of drug-likeness (QED) is 0.814. The molecule has 4 amide bonds. The summed E-state index contributed by atoms with van der Waals surface area (Å²) in [6, 6.07) is 4.59. The van der Waals surface area contributed by atoms with Crippen LogP contribution in [-0.4, -0.2) is 34.3 Å². The number of aromatic nitrogens is 1. The minimum absolute atomic E-state index is 0.399. The minimum Gasteiger partial charge on any atom is -0.319 e. The van der Waals surface area contributed by atoms with Crippen molar-refractivity contribution in [2.45, 2.75) is 19.4 Å². The van der Waals surface area contributed by atoms with E-state index in [1.165, 1.54) is 42.5 Å². The molecule has 0 spiro atoms. The lowest BCUT2D eigenvalue weighted by Gasteiger charge is -2.22. The first kappa shape index (κ1) is 17.0. The van der Waals surface area contributed by atoms with Crippen LogP contribution in [-0.2, 0) is 15.1 Å². The highest BCUT2D eigenvalue weighted by atomic mass is 32.1. The van der Waals surface area contributed by atoms with E-state index in [1.807, 2.05) is 0 Å². The van der Waals surface area contributed by atoms with Gasteiger partial charge in [-0.05, 0) is 31.5 Å². The Kier molecular flexibility index (Phi) is 4.25. The molecule has 1 fully saturated rings. The van der Waals surface area contributed by atoms with Crippen molar-refractivity contribution in [1.82, 2.24) is 15.2 Å². The average molecular weight is 362 g/mol. The normalized spacial score (nSPS) is 19.9. The lowest BCUT2D eigenvalue weighted by Crippen LogP contribution is -2.42. The number of hydrogen-bond donors (Lipinski definition) is 2. The Hall–Kier alpha value is -2.81. The van der Waals surface area contributed by atoms with Crippen LogP contribution in [0.25, 0.3) is 0 Å². The van der Waals surface area contributed by atoms with E-state index < -0.39 is 35.7 Å². The molecular weight excluding hydrogens is 347 g/mol. The number of halogens is 1. The molecule has 25 heavy (non-hydrogen) atoms. The lowest BCUT2D eigenvalue weighted by atomic mass is 9.92. The van der Waals surface area contributed by atoms with E-state index in [4.69, 9.17) is 0 Å². The molecule has 3 rings (SSSR count). The number of amides is 4. The fourth-order valence-electron chi connectivity index (χ4n) is 2.53. The van der Waals surface area contributed by atoms with Crippen LogP contribution in [0.5, 0.6) is 0 Å². The second-order valence-corrected chi connectivity index (χ2v) is 6.65. The SMILES string of the molecule is Cc1csc(NC(=O)CN2C(=O)N[C@@](C)(c3ccc(F)cc3)C2=O)n1. The molecule has 130 valence electrons. The van der Waals surface area contributed by atoms with Crippen molar-refractivity contribution in [2.75, 3.05) is 11.9 Å². The number of hydrogen-bond acceptors (Lipinski definition) is 5. The molecule has 0 unspecified atom stereocenters. The number of carbonyl (C=O) groups is 3. The van der Waals surface area contributed by atoms with Crippen LogP contribution in [0, 0.1) is 12.7 Å². The van der Waals surface area contributed by atoms with Crippen LogP contribution in [0.3, 0.4) is 0 Å². The monoisotopic (exact) mass is 362 g/mol. The third kappa shape index (κ3) is 3.22. The van der Waals surface area contributed by atoms with Gasteiger partial charge in [-0.1, -0.05) is 12.1 Å². The average Bonchev–Trinajstić information content (AvgIpc) is 3.05. The van der Waals surface area contributed by atoms with Crippen LogP contribution < -0.4 is 10.6 Å². The van der Waals surface area contributed by atoms with E-state index in [-0.39, 0.29) is 0 Å². The Morgan fingerprint density at radius 3 is 2.64 bits per heavy atom. The van der Waals surface area contributed by atoms with E-state index in [9.17, 15) is 18.8 Å². The summed E-state index contributed by atoms with van der Waals surface area (Å²) in [6.07, 6.45) is 0. The molecule has 1 aromatic carbocycles. The largest absolute Gasteiger partial charge is 0.325 e. The standard InChI is InChI=1S/C16H15FN4O3S/c1-9-8-25-14(18-9)19-12(22)7-21-13(23)16(2,20-15(21)24)10-3-5-11(17)6-4-10/h3-6,8H,7H2,1-2H3,(H,20,24)(H,18,19,22)/t16-/m0/s1. The van der Waals surface area contributed by atoms with Crippen molar-refractivity contribution < 1.29 is 18.8 Å². The van der Waals surface area contributed by atoms with Crippen LogP contribution in [0.15, 0.2) is 29.6 Å². The van der Waals surface area contributed by atoms with E-state index in [0.29, 0.717) is 10.7 Å². The molecule has 0 saturated carbocycles. The molecular formula is C16H15FN4O3S. The van der Waals surface area contributed by atoms with Crippen LogP contribution in [0.2, 0.25) is 0 Å². The number of benzene rings is 1. The summed E-state index contributed by atoms with van der Waals surface area (Å²) in [4.78, 5) is 41.9. The predicted molar refractivity (Wildman–Crippen MR) is 89.5 cm³/mol. The van der Waals surface area contributed by atoms with E-state index in [2.05, 4.69) is 15.6 Å². The third-order valence-electron chi connectivity index (χ3n) is 3.86. The van der Waals surface area contributed by atoms with Gasteiger partial charge in [0.05, 0.1) is 5.69 Å². The maximum Gasteiger partial charge on any atom is 0.325 e. The molecule has 1 aromatic heterocycles. The van der Waals surface area contributed by atoms with Crippen molar-refractivity contribution in [1.29, 1.82) is 0 Å². The van der Waals surface area contributed by atoms with Crippen molar-refractivity contribution >= 4 is 34.3 Å². The van der Waals surface area contributed by atoms with Gasteiger partial charge < -0.3 is 10.6 Å². The molecule has 7 nitrogen and oxygen atoms in total. The molecule has 2 N–H and O–H groups in total. The zero-order chi connectivity index (χ0) is 18.2. The number of thiazole rings is 1. The van der Waals surface area contributed by atoms with Gasteiger partial charge in [-0.15, -0.1) is 11.3 Å². The number of aryl methyl sites for hydroxylation is 1. The summed E-state index contributed by atoms with van der Waals surface area (Å²) in [7, 11) is 0. The first-order valence-electron chi connectivity index (χ1n) is 7.42. The Morgan fingerprint density at radius 1 is 1.36 bits per heavy atom. The van der Waals surface area contributed by atoms with Crippen molar-refractivity contribution in [3.05, 3.63) is 46.7 Å². The highest BCUT2D eigenvalue weighted by Gasteiger charge is 2.49. The minimum atomic E-state index is -1.34. The second-order valence-electron chi connectivity index (χ2n) is 5.80. The van der Waals surface area contributed by atoms with Gasteiger partial charge in [0.25, 0.3) is 5.91 Å². The molecule has 1 saturated heterocycles. The number of anilines is 1. The van der Waals surface area contributed by atoms with E-state index in [1.54, 1.807) is 12.3 Å². The smallest absolute Gasteiger partial charge is 0.319 e. The lowest BCUT2D eigenvalue weighted by molar-refractivity contribution is -0.133. The molecule has 1 atom stereocenters. The first-order chi connectivity index (χ1) is 11.8. The Morgan fingerprint density at radius 2 is 2.04 bits per heavy atom. The van der Waals surface area contributed by atoms with Crippen molar-refractivity contribution in [3.8, 4) is 0 Å². The van der Waals surface area contributed by atoms with Gasteiger partial charge in [0.1, 0.15) is 17.9 Å². The van der Waals surface area contributed by atoms with Crippen LogP contribution >= 0.6 is 11.3 Å². The van der Waals surface area contributed by atoms with Gasteiger partial charge >= 0.3 is 6.03 Å². The summed E-state index contributed by atoms with van der Waals surface area (Å²) >= 11 is 1.25. The molecule has 0 radical (unpaired) electrons. The Balaban J connectivity index is 1.74. The summed E-state index contributed by atoms with van der Waals surface area (Å²) in [5.74, 6) is -1.55. The Labute approximate surface area is 146 Å². The summed E-state index contributed by atoms with van der Waals surface area (Å²) in [5.41, 5.74) is -0.145. The summed E-state index contributed by atoms with van der Waals surface area (Å²) < 4.78 is 13.1. The van der Waals surface area contributed by atoms with Crippen LogP contribution in [0.4, 0.5) is 14.3 Å². The maximum atomic E-state index is 13.1. The number of rotatable bonds is 4. The zero-order valence-electron chi connectivity index (χ0n) is 13.5. The number of imide groups is 1. The van der Waals surface area contributed by atoms with Gasteiger partial charge in [-0.3, -0.25) is 14.5 Å². The molecule has 2 heterocycles. The van der Waals surface area contributed by atoms with Gasteiger partial charge in [-0.2, -0.15) is 0 Å². The van der Waals surface area contributed by atoms with Gasteiger partial charge in [0, 0.05) is 5.38 Å². The second kappa shape index (κ2) is 6.25. The fourth-order valence-corrected chi connectivity index (χ4v) is 3.24. The highest BCUT2D eigenvalue weighted by Crippen LogP contribution is 2.28. The Bertz CT molecular complexity index is 851. The number of nitrogens with zero attached hydrogens (tertiary/aromatic N) is 2. The molecule has 0 aliphatic carbocycles. The molecule has 1 aliphatic rings. The fraction of sp³-hybridized carbons (Fsp3) is 0.250. The van der Waals surface area contributed by atoms with E-state index >= 15 is 0 Å². The first-order valence-corrected chi connectivity index (χ1v) is 8.30. The molecule has 0 bridgehead atoms. The number of nitrogens with one attached hydrogen (secondary N) is 2. The van der Waals surface area contributed by atoms with Gasteiger partial charge in [-0.25, -0.2) is 14.2 Å². The third-order valence-corrected chi connectivity index (χ3v) is 4.74. The zero-order valence-corrected chi connectivity index (χ0v) is 14.3. The van der Waals surface area contributed by atoms with Gasteiger partial charge in [0.2, 0.25) is 5.91 Å². The predicted octanol–water partition coefficient (Wildman–Crippen LogP) is 2.00. The number of urea groups is 1. The molecule has 9 heteroatoms. The van der Waals surface area contributed by atoms with E-state index in [0.717, 1.165) is 10.6 Å². The summed E-state index contributed by atoms with van der Waals surface area (Å²) in [6.45, 7) is 2.88. The molecule has 2 aromatic rings. The maximum absolute atomic E-state index is 13.1.